The summed E-state index contributed by atoms with van der Waals surface area (Å²) >= 11 is 0. The molecular weight excluding hydrogens is 269 g/mol. The lowest BCUT2D eigenvalue weighted by molar-refractivity contribution is 0.0563. The number of nitrogens with two attached hydrogens (primary N) is 1. The lowest BCUT2D eigenvalue weighted by atomic mass is 9.92. The molecule has 2 rings (SSSR count). The fourth-order valence-electron chi connectivity index (χ4n) is 2.63. The fraction of sp³-hybridized carbons (Fsp3) is 0.500. The van der Waals surface area contributed by atoms with Crippen molar-refractivity contribution in [2.75, 3.05) is 13.1 Å². The minimum absolute atomic E-state index is 0.237. The first-order valence-corrected chi connectivity index (χ1v) is 6.59. The largest absolute Gasteiger partial charge is 0.334 e. The molecule has 1 aromatic carbocycles. The zero-order valence-electron chi connectivity index (χ0n) is 11.2. The van der Waals surface area contributed by atoms with E-state index in [0.717, 1.165) is 6.42 Å². The van der Waals surface area contributed by atoms with Crippen molar-refractivity contribution in [2.24, 2.45) is 11.7 Å². The highest BCUT2D eigenvalue weighted by Crippen LogP contribution is 2.25. The molecule has 3 nitrogen and oxygen atoms in total. The Morgan fingerprint density at radius 2 is 1.95 bits per heavy atom. The van der Waals surface area contributed by atoms with Crippen LogP contribution in [0.4, 0.5) is 13.2 Å². The van der Waals surface area contributed by atoms with Crippen LogP contribution in [0.2, 0.25) is 0 Å². The Bertz CT molecular complexity index is 498. The van der Waals surface area contributed by atoms with Gasteiger partial charge >= 0.3 is 0 Å². The van der Waals surface area contributed by atoms with E-state index in [1.165, 1.54) is 4.90 Å². The number of amides is 1. The standard InChI is InChI=1S/C14H17F3N2O/c1-8-2-3-19(10(4-8)7-18)14(20)13-11(16)5-9(15)6-12(13)17/h5-6,8,10H,2-4,7,18H2,1H3. The fourth-order valence-corrected chi connectivity index (χ4v) is 2.63. The first-order valence-electron chi connectivity index (χ1n) is 6.59. The van der Waals surface area contributed by atoms with Gasteiger partial charge in [0.25, 0.3) is 5.91 Å². The number of hydrogen-bond acceptors (Lipinski definition) is 2. The molecule has 1 fully saturated rings. The van der Waals surface area contributed by atoms with Crippen LogP contribution in [0, 0.1) is 23.4 Å². The van der Waals surface area contributed by atoms with E-state index in [-0.39, 0.29) is 12.6 Å². The number of halogens is 3. The summed E-state index contributed by atoms with van der Waals surface area (Å²) in [5.41, 5.74) is 4.92. The van der Waals surface area contributed by atoms with Crippen LogP contribution in [0.25, 0.3) is 0 Å². The molecule has 0 aromatic heterocycles. The van der Waals surface area contributed by atoms with Crippen molar-refractivity contribution in [3.63, 3.8) is 0 Å². The van der Waals surface area contributed by atoms with Crippen LogP contribution in [0.3, 0.4) is 0 Å². The molecule has 0 saturated carbocycles. The van der Waals surface area contributed by atoms with Gasteiger partial charge in [-0.2, -0.15) is 0 Å². The maximum Gasteiger partial charge on any atom is 0.260 e. The van der Waals surface area contributed by atoms with Gasteiger partial charge in [-0.3, -0.25) is 4.79 Å². The summed E-state index contributed by atoms with van der Waals surface area (Å²) in [6.45, 7) is 2.68. The smallest absolute Gasteiger partial charge is 0.260 e. The minimum atomic E-state index is -1.18. The van der Waals surface area contributed by atoms with Gasteiger partial charge in [0.1, 0.15) is 23.0 Å². The summed E-state index contributed by atoms with van der Waals surface area (Å²) in [6.07, 6.45) is 1.46. The molecule has 1 aliphatic heterocycles. The highest BCUT2D eigenvalue weighted by molar-refractivity contribution is 5.95. The number of benzene rings is 1. The summed E-state index contributed by atoms with van der Waals surface area (Å²) in [4.78, 5) is 13.7. The van der Waals surface area contributed by atoms with Crippen LogP contribution in [0.5, 0.6) is 0 Å². The summed E-state index contributed by atoms with van der Waals surface area (Å²) in [7, 11) is 0. The summed E-state index contributed by atoms with van der Waals surface area (Å²) in [5, 5.41) is 0. The predicted octanol–water partition coefficient (Wildman–Crippen LogP) is 2.30. The molecule has 2 unspecified atom stereocenters. The highest BCUT2D eigenvalue weighted by atomic mass is 19.1. The average molecular weight is 286 g/mol. The van der Waals surface area contributed by atoms with Crippen LogP contribution < -0.4 is 5.73 Å². The molecule has 110 valence electrons. The van der Waals surface area contributed by atoms with Gasteiger partial charge in [-0.05, 0) is 18.8 Å². The zero-order valence-corrected chi connectivity index (χ0v) is 11.2. The second-order valence-corrected chi connectivity index (χ2v) is 5.26. The minimum Gasteiger partial charge on any atom is -0.334 e. The maximum atomic E-state index is 13.7. The molecule has 0 radical (unpaired) electrons. The van der Waals surface area contributed by atoms with Crippen molar-refractivity contribution in [3.8, 4) is 0 Å². The Morgan fingerprint density at radius 1 is 1.35 bits per heavy atom. The van der Waals surface area contributed by atoms with E-state index in [9.17, 15) is 18.0 Å². The molecule has 0 aliphatic carbocycles. The summed E-state index contributed by atoms with van der Waals surface area (Å²) < 4.78 is 40.2. The molecule has 20 heavy (non-hydrogen) atoms. The number of piperidine rings is 1. The van der Waals surface area contributed by atoms with E-state index in [1.807, 2.05) is 6.92 Å². The molecule has 6 heteroatoms. The second-order valence-electron chi connectivity index (χ2n) is 5.26. The Morgan fingerprint density at radius 3 is 2.50 bits per heavy atom. The maximum absolute atomic E-state index is 13.7. The van der Waals surface area contributed by atoms with E-state index < -0.39 is 28.9 Å². The van der Waals surface area contributed by atoms with E-state index in [4.69, 9.17) is 5.73 Å². The quantitative estimate of drug-likeness (QED) is 0.906. The van der Waals surface area contributed by atoms with Crippen LogP contribution in [-0.4, -0.2) is 29.9 Å². The van der Waals surface area contributed by atoms with E-state index in [2.05, 4.69) is 0 Å². The van der Waals surface area contributed by atoms with E-state index in [0.29, 0.717) is 31.0 Å². The number of nitrogens with zero attached hydrogens (tertiary/aromatic N) is 1. The Labute approximate surface area is 115 Å². The third kappa shape index (κ3) is 2.80. The van der Waals surface area contributed by atoms with Crippen molar-refractivity contribution < 1.29 is 18.0 Å². The van der Waals surface area contributed by atoms with E-state index in [1.54, 1.807) is 0 Å². The number of hydrogen-bond donors (Lipinski definition) is 1. The van der Waals surface area contributed by atoms with Gasteiger partial charge in [0.05, 0.1) is 0 Å². The molecule has 0 spiro atoms. The number of rotatable bonds is 2. The van der Waals surface area contributed by atoms with Crippen LogP contribution in [0.1, 0.15) is 30.1 Å². The summed E-state index contributed by atoms with van der Waals surface area (Å²) in [5.74, 6) is -3.75. The lowest BCUT2D eigenvalue weighted by Gasteiger charge is -2.38. The van der Waals surface area contributed by atoms with Crippen molar-refractivity contribution in [1.29, 1.82) is 0 Å². The second kappa shape index (κ2) is 5.83. The molecule has 1 amide bonds. The van der Waals surface area contributed by atoms with Gasteiger partial charge in [0.15, 0.2) is 0 Å². The zero-order chi connectivity index (χ0) is 14.9. The number of carbonyl (C=O) groups excluding carboxylic acids is 1. The van der Waals surface area contributed by atoms with Crippen LogP contribution >= 0.6 is 0 Å². The first-order chi connectivity index (χ1) is 9.43. The molecule has 2 atom stereocenters. The van der Waals surface area contributed by atoms with Gasteiger partial charge in [0, 0.05) is 31.3 Å². The van der Waals surface area contributed by atoms with E-state index >= 15 is 0 Å². The molecule has 2 N–H and O–H groups in total. The van der Waals surface area contributed by atoms with Crippen LogP contribution in [-0.2, 0) is 0 Å². The number of carbonyl (C=O) groups is 1. The molecular formula is C14H17F3N2O. The van der Waals surface area contributed by atoms with Gasteiger partial charge in [-0.1, -0.05) is 6.92 Å². The monoisotopic (exact) mass is 286 g/mol. The lowest BCUT2D eigenvalue weighted by Crippen LogP contribution is -2.49. The molecule has 1 heterocycles. The SMILES string of the molecule is CC1CCN(C(=O)c2c(F)cc(F)cc2F)C(CN)C1. The van der Waals surface area contributed by atoms with Crippen molar-refractivity contribution in [2.45, 2.75) is 25.8 Å². The van der Waals surface area contributed by atoms with Crippen LogP contribution in [0.15, 0.2) is 12.1 Å². The van der Waals surface area contributed by atoms with Crippen molar-refractivity contribution in [1.82, 2.24) is 4.90 Å². The van der Waals surface area contributed by atoms with Gasteiger partial charge in [-0.15, -0.1) is 0 Å². The first kappa shape index (κ1) is 14.8. The van der Waals surface area contributed by atoms with Crippen molar-refractivity contribution in [3.05, 3.63) is 35.1 Å². The number of likely N-dealkylation sites (tertiary alicyclic amines) is 1. The third-order valence-electron chi connectivity index (χ3n) is 3.73. The highest BCUT2D eigenvalue weighted by Gasteiger charge is 2.32. The normalized spacial score (nSPS) is 22.9. The molecule has 1 saturated heterocycles. The molecule has 1 aliphatic rings. The Hall–Kier alpha value is -1.56. The summed E-state index contributed by atoms with van der Waals surface area (Å²) in [6, 6.07) is 0.788. The van der Waals surface area contributed by atoms with Gasteiger partial charge in [-0.25, -0.2) is 13.2 Å². The van der Waals surface area contributed by atoms with Gasteiger partial charge in [0.2, 0.25) is 0 Å². The predicted molar refractivity (Wildman–Crippen MR) is 68.6 cm³/mol. The topological polar surface area (TPSA) is 46.3 Å². The third-order valence-corrected chi connectivity index (χ3v) is 3.73. The molecule has 1 aromatic rings. The average Bonchev–Trinajstić information content (AvgIpc) is 2.37. The van der Waals surface area contributed by atoms with Crippen molar-refractivity contribution >= 4 is 5.91 Å². The molecule has 0 bridgehead atoms. The van der Waals surface area contributed by atoms with Gasteiger partial charge < -0.3 is 10.6 Å². The Balaban J connectivity index is 2.31. The Kier molecular flexibility index (Phi) is 4.32.